The summed E-state index contributed by atoms with van der Waals surface area (Å²) in [6.07, 6.45) is 5.68. The molecule has 90 valence electrons. The number of rotatable bonds is 6. The summed E-state index contributed by atoms with van der Waals surface area (Å²) < 4.78 is 26.5. The molecular weight excluding hydrogens is 224 g/mol. The summed E-state index contributed by atoms with van der Waals surface area (Å²) in [6, 6.07) is 7.22. The van der Waals surface area contributed by atoms with E-state index in [1.165, 1.54) is 24.8 Å². The third kappa shape index (κ3) is 5.16. The van der Waals surface area contributed by atoms with Gasteiger partial charge in [0.05, 0.1) is 6.26 Å². The lowest BCUT2D eigenvalue weighted by Crippen LogP contribution is -2.05. The van der Waals surface area contributed by atoms with Crippen molar-refractivity contribution in [3.05, 3.63) is 29.8 Å². The van der Waals surface area contributed by atoms with Gasteiger partial charge in [-0.05, 0) is 30.5 Å². The highest BCUT2D eigenvalue weighted by Crippen LogP contribution is 2.15. The molecule has 0 fully saturated rings. The average Bonchev–Trinajstić information content (AvgIpc) is 2.19. The van der Waals surface area contributed by atoms with Gasteiger partial charge in [0.2, 0.25) is 0 Å². The molecule has 0 aliphatic heterocycles. The Morgan fingerprint density at radius 1 is 1.12 bits per heavy atom. The molecule has 0 bridgehead atoms. The summed E-state index contributed by atoms with van der Waals surface area (Å²) in [5.41, 5.74) is 1.22. The van der Waals surface area contributed by atoms with Crippen molar-refractivity contribution in [3.63, 3.8) is 0 Å². The standard InChI is InChI=1S/C12H18O3S/c1-3-4-5-6-11-7-9-12(10-8-11)15-16(2,13)14/h7-10H,3-6H2,1-2H3. The van der Waals surface area contributed by atoms with Crippen LogP contribution in [0.4, 0.5) is 0 Å². The predicted octanol–water partition coefficient (Wildman–Crippen LogP) is 2.76. The van der Waals surface area contributed by atoms with Gasteiger partial charge in [-0.15, -0.1) is 0 Å². The van der Waals surface area contributed by atoms with E-state index in [4.69, 9.17) is 4.18 Å². The molecule has 0 atom stereocenters. The highest BCUT2D eigenvalue weighted by molar-refractivity contribution is 7.86. The SMILES string of the molecule is CCCCCc1ccc(OS(C)(=O)=O)cc1. The van der Waals surface area contributed by atoms with E-state index in [1.54, 1.807) is 12.1 Å². The van der Waals surface area contributed by atoms with Crippen LogP contribution in [-0.4, -0.2) is 14.7 Å². The van der Waals surface area contributed by atoms with E-state index < -0.39 is 10.1 Å². The first-order valence-electron chi connectivity index (χ1n) is 5.49. The summed E-state index contributed by atoms with van der Waals surface area (Å²) in [5.74, 6) is 0.377. The van der Waals surface area contributed by atoms with E-state index in [0.717, 1.165) is 12.7 Å². The summed E-state index contributed by atoms with van der Waals surface area (Å²) in [4.78, 5) is 0. The van der Waals surface area contributed by atoms with Crippen molar-refractivity contribution in [1.82, 2.24) is 0 Å². The van der Waals surface area contributed by atoms with Gasteiger partial charge in [-0.2, -0.15) is 8.42 Å². The molecule has 0 spiro atoms. The highest BCUT2D eigenvalue weighted by Gasteiger charge is 2.03. The molecule has 1 aromatic rings. The molecule has 0 saturated heterocycles. The maximum absolute atomic E-state index is 10.9. The van der Waals surface area contributed by atoms with E-state index in [0.29, 0.717) is 5.75 Å². The van der Waals surface area contributed by atoms with Crippen LogP contribution in [0.3, 0.4) is 0 Å². The molecule has 0 aliphatic rings. The predicted molar refractivity (Wildman–Crippen MR) is 65.1 cm³/mol. The molecular formula is C12H18O3S. The summed E-state index contributed by atoms with van der Waals surface area (Å²) in [7, 11) is -3.41. The van der Waals surface area contributed by atoms with Crippen LogP contribution in [0, 0.1) is 0 Å². The summed E-state index contributed by atoms with van der Waals surface area (Å²) >= 11 is 0. The van der Waals surface area contributed by atoms with E-state index in [-0.39, 0.29) is 0 Å². The van der Waals surface area contributed by atoms with E-state index >= 15 is 0 Å². The van der Waals surface area contributed by atoms with Gasteiger partial charge < -0.3 is 4.18 Å². The molecule has 0 heterocycles. The zero-order valence-electron chi connectivity index (χ0n) is 9.77. The lowest BCUT2D eigenvalue weighted by atomic mass is 10.1. The van der Waals surface area contributed by atoms with Crippen LogP contribution in [0.1, 0.15) is 31.7 Å². The second-order valence-electron chi connectivity index (χ2n) is 3.89. The first-order valence-corrected chi connectivity index (χ1v) is 7.31. The zero-order chi connectivity index (χ0) is 12.0. The van der Waals surface area contributed by atoms with Crippen LogP contribution in [0.2, 0.25) is 0 Å². The van der Waals surface area contributed by atoms with Gasteiger partial charge in [-0.25, -0.2) is 0 Å². The lowest BCUT2D eigenvalue weighted by molar-refractivity contribution is 0.493. The molecule has 16 heavy (non-hydrogen) atoms. The maximum atomic E-state index is 10.9. The van der Waals surface area contributed by atoms with Crippen molar-refractivity contribution in [2.45, 2.75) is 32.6 Å². The average molecular weight is 242 g/mol. The Bertz CT molecular complexity index is 406. The second-order valence-corrected chi connectivity index (χ2v) is 5.46. The van der Waals surface area contributed by atoms with Crippen LogP contribution in [0.15, 0.2) is 24.3 Å². The van der Waals surface area contributed by atoms with Crippen LogP contribution in [0.25, 0.3) is 0 Å². The molecule has 1 aromatic carbocycles. The second kappa shape index (κ2) is 5.89. The minimum Gasteiger partial charge on any atom is -0.383 e. The molecule has 0 aromatic heterocycles. The van der Waals surface area contributed by atoms with Crippen LogP contribution in [0.5, 0.6) is 5.75 Å². The lowest BCUT2D eigenvalue weighted by Gasteiger charge is -2.04. The fourth-order valence-corrected chi connectivity index (χ4v) is 1.93. The van der Waals surface area contributed by atoms with Crippen molar-refractivity contribution < 1.29 is 12.6 Å². The molecule has 0 saturated carbocycles. The fourth-order valence-electron chi connectivity index (χ4n) is 1.47. The summed E-state index contributed by atoms with van der Waals surface area (Å²) in [6.45, 7) is 2.17. The van der Waals surface area contributed by atoms with Crippen molar-refractivity contribution in [3.8, 4) is 5.75 Å². The highest BCUT2D eigenvalue weighted by atomic mass is 32.2. The number of unbranched alkanes of at least 4 members (excludes halogenated alkanes) is 2. The Kier molecular flexibility index (Phi) is 4.80. The smallest absolute Gasteiger partial charge is 0.306 e. The van der Waals surface area contributed by atoms with Crippen molar-refractivity contribution >= 4 is 10.1 Å². The first-order chi connectivity index (χ1) is 7.51. The zero-order valence-corrected chi connectivity index (χ0v) is 10.6. The number of hydrogen-bond acceptors (Lipinski definition) is 3. The van der Waals surface area contributed by atoms with Gasteiger partial charge in [0.25, 0.3) is 0 Å². The Morgan fingerprint density at radius 2 is 1.75 bits per heavy atom. The van der Waals surface area contributed by atoms with Crippen molar-refractivity contribution in [1.29, 1.82) is 0 Å². The minimum atomic E-state index is -3.41. The quantitative estimate of drug-likeness (QED) is 0.569. The molecule has 0 unspecified atom stereocenters. The van der Waals surface area contributed by atoms with E-state index in [9.17, 15) is 8.42 Å². The number of benzene rings is 1. The monoisotopic (exact) mass is 242 g/mol. The Morgan fingerprint density at radius 3 is 2.25 bits per heavy atom. The summed E-state index contributed by atoms with van der Waals surface area (Å²) in [5, 5.41) is 0. The van der Waals surface area contributed by atoms with Crippen molar-refractivity contribution in [2.75, 3.05) is 6.26 Å². The van der Waals surface area contributed by atoms with Crippen LogP contribution in [-0.2, 0) is 16.5 Å². The van der Waals surface area contributed by atoms with Crippen LogP contribution < -0.4 is 4.18 Å². The number of aryl methyl sites for hydroxylation is 1. The van der Waals surface area contributed by atoms with Gasteiger partial charge in [0, 0.05) is 0 Å². The van der Waals surface area contributed by atoms with Gasteiger partial charge in [-0.1, -0.05) is 31.9 Å². The minimum absolute atomic E-state index is 0.377. The molecule has 1 rings (SSSR count). The number of hydrogen-bond donors (Lipinski definition) is 0. The third-order valence-electron chi connectivity index (χ3n) is 2.24. The Labute approximate surface area is 97.6 Å². The Hall–Kier alpha value is -1.03. The Balaban J connectivity index is 2.54. The third-order valence-corrected chi connectivity index (χ3v) is 2.74. The van der Waals surface area contributed by atoms with E-state index in [2.05, 4.69) is 6.92 Å². The fraction of sp³-hybridized carbons (Fsp3) is 0.500. The van der Waals surface area contributed by atoms with E-state index in [1.807, 2.05) is 12.1 Å². The molecule has 4 heteroatoms. The first kappa shape index (κ1) is 13.0. The largest absolute Gasteiger partial charge is 0.383 e. The maximum Gasteiger partial charge on any atom is 0.306 e. The molecule has 0 radical (unpaired) electrons. The normalized spacial score (nSPS) is 11.4. The molecule has 0 aliphatic carbocycles. The van der Waals surface area contributed by atoms with Crippen molar-refractivity contribution in [2.24, 2.45) is 0 Å². The van der Waals surface area contributed by atoms with Crippen LogP contribution >= 0.6 is 0 Å². The van der Waals surface area contributed by atoms with Gasteiger partial charge in [0.1, 0.15) is 5.75 Å². The molecule has 3 nitrogen and oxygen atoms in total. The molecule has 0 N–H and O–H groups in total. The molecule has 0 amide bonds. The van der Waals surface area contributed by atoms with Gasteiger partial charge in [-0.3, -0.25) is 0 Å². The van der Waals surface area contributed by atoms with Gasteiger partial charge >= 0.3 is 10.1 Å². The van der Waals surface area contributed by atoms with Gasteiger partial charge in [0.15, 0.2) is 0 Å². The topological polar surface area (TPSA) is 43.4 Å².